The van der Waals surface area contributed by atoms with Crippen LogP contribution in [0, 0.1) is 0 Å². The van der Waals surface area contributed by atoms with E-state index in [0.29, 0.717) is 0 Å². The quantitative estimate of drug-likeness (QED) is 0.772. The average Bonchev–Trinajstić information content (AvgIpc) is 3.01. The zero-order chi connectivity index (χ0) is 14.2. The molecule has 0 saturated carbocycles. The summed E-state index contributed by atoms with van der Waals surface area (Å²) in [6.45, 7) is 0. The second kappa shape index (κ2) is 4.97. The highest BCUT2D eigenvalue weighted by Crippen LogP contribution is 2.28. The molecule has 21 heavy (non-hydrogen) atoms. The molecule has 1 aliphatic rings. The summed E-state index contributed by atoms with van der Waals surface area (Å²) in [5.74, 6) is 0. The number of pyridine rings is 1. The molecule has 3 aromatic rings. The molecule has 0 saturated heterocycles. The molecule has 104 valence electrons. The molecule has 1 aromatic heterocycles. The van der Waals surface area contributed by atoms with E-state index in [-0.39, 0.29) is 6.04 Å². The molecular weight excluding hydrogens is 256 g/mol. The minimum atomic E-state index is -0.104. The van der Waals surface area contributed by atoms with Crippen LogP contribution in [-0.4, -0.2) is 4.98 Å². The molecule has 2 N–H and O–H groups in total. The van der Waals surface area contributed by atoms with Crippen LogP contribution in [0.15, 0.2) is 54.7 Å². The zero-order valence-corrected chi connectivity index (χ0v) is 11.9. The van der Waals surface area contributed by atoms with Crippen LogP contribution in [0.2, 0.25) is 0 Å². The lowest BCUT2D eigenvalue weighted by Crippen LogP contribution is -2.12. The molecule has 2 heteroatoms. The molecule has 4 rings (SSSR count). The molecule has 2 nitrogen and oxygen atoms in total. The fourth-order valence-corrected chi connectivity index (χ4v) is 3.24. The number of aromatic nitrogens is 1. The van der Waals surface area contributed by atoms with Crippen molar-refractivity contribution in [1.29, 1.82) is 0 Å². The predicted octanol–water partition coefficient (Wildman–Crippen LogP) is 3.77. The summed E-state index contributed by atoms with van der Waals surface area (Å²) in [7, 11) is 0. The first-order valence-electron chi connectivity index (χ1n) is 7.53. The van der Waals surface area contributed by atoms with Gasteiger partial charge in [-0.05, 0) is 53.6 Å². The van der Waals surface area contributed by atoms with E-state index in [1.54, 1.807) is 0 Å². The topological polar surface area (TPSA) is 38.9 Å². The first-order valence-corrected chi connectivity index (χ1v) is 7.53. The zero-order valence-electron chi connectivity index (χ0n) is 11.9. The normalized spacial score (nSPS) is 15.1. The van der Waals surface area contributed by atoms with Crippen molar-refractivity contribution in [3.05, 3.63) is 77.0 Å². The largest absolute Gasteiger partial charge is 0.320 e. The molecular formula is C19H18N2. The van der Waals surface area contributed by atoms with Crippen LogP contribution < -0.4 is 5.73 Å². The molecule has 0 radical (unpaired) electrons. The van der Waals surface area contributed by atoms with E-state index in [1.165, 1.54) is 36.0 Å². The maximum atomic E-state index is 6.46. The highest BCUT2D eigenvalue weighted by Gasteiger charge is 2.15. The maximum absolute atomic E-state index is 6.46. The number of nitrogens with two attached hydrogens (primary N) is 1. The van der Waals surface area contributed by atoms with Gasteiger partial charge in [0.1, 0.15) is 0 Å². The summed E-state index contributed by atoms with van der Waals surface area (Å²) in [4.78, 5) is 4.52. The number of fused-ring (bicyclic) bond motifs is 2. The van der Waals surface area contributed by atoms with Crippen molar-refractivity contribution in [3.8, 4) is 0 Å². The third kappa shape index (κ3) is 2.22. The van der Waals surface area contributed by atoms with E-state index in [0.717, 1.165) is 16.5 Å². The summed E-state index contributed by atoms with van der Waals surface area (Å²) in [6.07, 6.45) is 5.57. The fraction of sp³-hybridized carbons (Fsp3) is 0.211. The Balaban J connectivity index is 1.73. The first-order chi connectivity index (χ1) is 10.3. The van der Waals surface area contributed by atoms with Crippen molar-refractivity contribution in [2.24, 2.45) is 5.73 Å². The summed E-state index contributed by atoms with van der Waals surface area (Å²) >= 11 is 0. The van der Waals surface area contributed by atoms with Gasteiger partial charge in [-0.1, -0.05) is 36.4 Å². The van der Waals surface area contributed by atoms with Gasteiger partial charge in [0.15, 0.2) is 0 Å². The Kier molecular flexibility index (Phi) is 2.97. The number of rotatable bonds is 2. The van der Waals surface area contributed by atoms with Gasteiger partial charge in [-0.15, -0.1) is 0 Å². The number of para-hydroxylation sites is 1. The van der Waals surface area contributed by atoms with Crippen LogP contribution in [0.3, 0.4) is 0 Å². The smallest absolute Gasteiger partial charge is 0.0702 e. The van der Waals surface area contributed by atoms with Crippen molar-refractivity contribution in [2.75, 3.05) is 0 Å². The highest BCUT2D eigenvalue weighted by atomic mass is 14.7. The summed E-state index contributed by atoms with van der Waals surface area (Å²) in [5.41, 5.74) is 12.7. The monoisotopic (exact) mass is 274 g/mol. The van der Waals surface area contributed by atoms with Crippen molar-refractivity contribution in [3.63, 3.8) is 0 Å². The van der Waals surface area contributed by atoms with Crippen LogP contribution >= 0.6 is 0 Å². The molecule has 1 unspecified atom stereocenters. The molecule has 2 aromatic carbocycles. The van der Waals surface area contributed by atoms with Gasteiger partial charge in [0.2, 0.25) is 0 Å². The standard InChI is InChI=1S/C19H18N2/c20-19(16-9-8-13-5-3-6-14(13)10-16)17-11-15-4-1-2-7-18(15)21-12-17/h1-2,4,7-12,19H,3,5-6,20H2. The minimum absolute atomic E-state index is 0.104. The Bertz CT molecular complexity index is 808. The SMILES string of the molecule is NC(c1ccc2c(c1)CCC2)c1cnc2ccccc2c1. The predicted molar refractivity (Wildman–Crippen MR) is 86.2 cm³/mol. The Morgan fingerprint density at radius 3 is 2.71 bits per heavy atom. The number of benzene rings is 2. The van der Waals surface area contributed by atoms with Crippen molar-refractivity contribution >= 4 is 10.9 Å². The number of hydrogen-bond donors (Lipinski definition) is 1. The van der Waals surface area contributed by atoms with E-state index >= 15 is 0 Å². The first kappa shape index (κ1) is 12.5. The number of hydrogen-bond acceptors (Lipinski definition) is 2. The molecule has 0 bridgehead atoms. The van der Waals surface area contributed by atoms with Crippen molar-refractivity contribution in [2.45, 2.75) is 25.3 Å². The summed E-state index contributed by atoms with van der Waals surface area (Å²) < 4.78 is 0. The molecule has 1 atom stereocenters. The van der Waals surface area contributed by atoms with Gasteiger partial charge in [-0.25, -0.2) is 0 Å². The Morgan fingerprint density at radius 1 is 0.905 bits per heavy atom. The van der Waals surface area contributed by atoms with Gasteiger partial charge in [0.25, 0.3) is 0 Å². The summed E-state index contributed by atoms with van der Waals surface area (Å²) in [5, 5.41) is 1.15. The lowest BCUT2D eigenvalue weighted by atomic mass is 9.96. The second-order valence-corrected chi connectivity index (χ2v) is 5.82. The second-order valence-electron chi connectivity index (χ2n) is 5.82. The molecule has 0 fully saturated rings. The van der Waals surface area contributed by atoms with E-state index in [1.807, 2.05) is 24.4 Å². The molecule has 0 amide bonds. The van der Waals surface area contributed by atoms with Crippen LogP contribution in [-0.2, 0) is 12.8 Å². The molecule has 1 heterocycles. The third-order valence-electron chi connectivity index (χ3n) is 4.45. The van der Waals surface area contributed by atoms with Crippen LogP contribution in [0.25, 0.3) is 10.9 Å². The Hall–Kier alpha value is -2.19. The lowest BCUT2D eigenvalue weighted by Gasteiger charge is -2.14. The minimum Gasteiger partial charge on any atom is -0.320 e. The highest BCUT2D eigenvalue weighted by molar-refractivity contribution is 5.79. The van der Waals surface area contributed by atoms with Gasteiger partial charge in [-0.2, -0.15) is 0 Å². The van der Waals surface area contributed by atoms with Crippen molar-refractivity contribution < 1.29 is 0 Å². The maximum Gasteiger partial charge on any atom is 0.0702 e. The van der Waals surface area contributed by atoms with Crippen LogP contribution in [0.1, 0.15) is 34.7 Å². The number of nitrogens with zero attached hydrogens (tertiary/aromatic N) is 1. The van der Waals surface area contributed by atoms with E-state index in [2.05, 4.69) is 35.3 Å². The molecule has 0 aliphatic heterocycles. The Labute approximate surface area is 124 Å². The van der Waals surface area contributed by atoms with Gasteiger partial charge < -0.3 is 5.73 Å². The van der Waals surface area contributed by atoms with E-state index < -0.39 is 0 Å². The molecule has 0 spiro atoms. The van der Waals surface area contributed by atoms with Gasteiger partial charge >= 0.3 is 0 Å². The van der Waals surface area contributed by atoms with Crippen LogP contribution in [0.4, 0.5) is 0 Å². The van der Waals surface area contributed by atoms with E-state index in [4.69, 9.17) is 5.73 Å². The number of aryl methyl sites for hydroxylation is 2. The molecule has 1 aliphatic carbocycles. The fourth-order valence-electron chi connectivity index (χ4n) is 3.24. The summed E-state index contributed by atoms with van der Waals surface area (Å²) in [6, 6.07) is 16.9. The van der Waals surface area contributed by atoms with E-state index in [9.17, 15) is 0 Å². The van der Waals surface area contributed by atoms with Crippen LogP contribution in [0.5, 0.6) is 0 Å². The average molecular weight is 274 g/mol. The van der Waals surface area contributed by atoms with Gasteiger partial charge in [0.05, 0.1) is 11.6 Å². The Morgan fingerprint density at radius 2 is 1.76 bits per heavy atom. The van der Waals surface area contributed by atoms with Gasteiger partial charge in [-0.3, -0.25) is 4.98 Å². The third-order valence-corrected chi connectivity index (χ3v) is 4.45. The van der Waals surface area contributed by atoms with Crippen molar-refractivity contribution in [1.82, 2.24) is 4.98 Å². The van der Waals surface area contributed by atoms with Gasteiger partial charge in [0, 0.05) is 11.6 Å². The lowest BCUT2D eigenvalue weighted by molar-refractivity contribution is 0.863.